The summed E-state index contributed by atoms with van der Waals surface area (Å²) in [5.74, 6) is 0.661. The molecule has 0 aromatic heterocycles. The number of phenols is 1. The van der Waals surface area contributed by atoms with Crippen molar-refractivity contribution >= 4 is 13.2 Å². The highest BCUT2D eigenvalue weighted by atomic mass is 16.5. The highest BCUT2D eigenvalue weighted by molar-refractivity contribution is 6.43. The lowest BCUT2D eigenvalue weighted by Crippen LogP contribution is -2.32. The van der Waals surface area contributed by atoms with E-state index in [2.05, 4.69) is 39.5 Å². The van der Waals surface area contributed by atoms with Gasteiger partial charge in [0.05, 0.1) is 6.10 Å². The Morgan fingerprint density at radius 3 is 2.73 bits per heavy atom. The van der Waals surface area contributed by atoms with Crippen LogP contribution in [0.1, 0.15) is 52.0 Å². The van der Waals surface area contributed by atoms with Crippen LogP contribution in [0.25, 0.3) is 6.08 Å². The third kappa shape index (κ3) is 5.62. The Kier molecular flexibility index (Phi) is 7.74. The van der Waals surface area contributed by atoms with Crippen LogP contribution in [0.4, 0.5) is 0 Å². The molecule has 4 heteroatoms. The normalized spacial score (nSPS) is 18.2. The first-order valence-electron chi connectivity index (χ1n) is 9.62. The predicted octanol–water partition coefficient (Wildman–Crippen LogP) is 5.37. The second kappa shape index (κ2) is 9.79. The Hall–Kier alpha value is -1.78. The summed E-state index contributed by atoms with van der Waals surface area (Å²) in [4.78, 5) is 0. The fraction of sp³-hybridized carbons (Fsp3) is 0.455. The first kappa shape index (κ1) is 20.5. The van der Waals surface area contributed by atoms with Crippen LogP contribution in [0.2, 0.25) is 6.32 Å². The molecule has 1 aliphatic heterocycles. The van der Waals surface area contributed by atoms with Gasteiger partial charge in [-0.1, -0.05) is 69.7 Å². The molecule has 1 heterocycles. The van der Waals surface area contributed by atoms with E-state index in [9.17, 15) is 10.1 Å². The average Bonchev–Trinajstić information content (AvgIpc) is 2.61. The number of allylic oxidation sites excluding steroid dienone is 2. The number of benzene rings is 1. The molecule has 0 amide bonds. The van der Waals surface area contributed by atoms with Gasteiger partial charge in [0.15, 0.2) is 0 Å². The number of hydrogen-bond acceptors (Lipinski definition) is 3. The minimum atomic E-state index is -0.736. The van der Waals surface area contributed by atoms with Crippen LogP contribution in [0, 0.1) is 5.92 Å². The number of aromatic hydroxyl groups is 1. The minimum absolute atomic E-state index is 0.127. The van der Waals surface area contributed by atoms with Gasteiger partial charge in [-0.25, -0.2) is 0 Å². The summed E-state index contributed by atoms with van der Waals surface area (Å²) < 4.78 is 5.82. The van der Waals surface area contributed by atoms with Gasteiger partial charge in [-0.3, -0.25) is 0 Å². The van der Waals surface area contributed by atoms with E-state index in [1.54, 1.807) is 6.07 Å². The van der Waals surface area contributed by atoms with Gasteiger partial charge in [0, 0.05) is 11.9 Å². The van der Waals surface area contributed by atoms with Crippen molar-refractivity contribution in [1.82, 2.24) is 0 Å². The van der Waals surface area contributed by atoms with E-state index in [-0.39, 0.29) is 6.10 Å². The van der Waals surface area contributed by atoms with Crippen molar-refractivity contribution in [3.63, 3.8) is 0 Å². The molecule has 0 fully saturated rings. The molecule has 2 rings (SSSR count). The van der Waals surface area contributed by atoms with E-state index in [4.69, 9.17) is 4.65 Å². The van der Waals surface area contributed by atoms with E-state index in [1.165, 1.54) is 5.57 Å². The van der Waals surface area contributed by atoms with Gasteiger partial charge in [-0.2, -0.15) is 0 Å². The van der Waals surface area contributed by atoms with Crippen LogP contribution in [0.15, 0.2) is 53.6 Å². The lowest BCUT2D eigenvalue weighted by Gasteiger charge is -2.30. The first-order chi connectivity index (χ1) is 12.4. The van der Waals surface area contributed by atoms with Gasteiger partial charge in [-0.05, 0) is 42.4 Å². The lowest BCUT2D eigenvalue weighted by molar-refractivity contribution is 0.182. The smallest absolute Gasteiger partial charge is 0.458 e. The van der Waals surface area contributed by atoms with Crippen molar-refractivity contribution in [1.29, 1.82) is 0 Å². The fourth-order valence-corrected chi connectivity index (χ4v) is 3.31. The van der Waals surface area contributed by atoms with Crippen molar-refractivity contribution in [2.24, 2.45) is 5.92 Å². The van der Waals surface area contributed by atoms with E-state index in [1.807, 2.05) is 18.2 Å². The van der Waals surface area contributed by atoms with Crippen LogP contribution < -0.4 is 0 Å². The van der Waals surface area contributed by atoms with Crippen molar-refractivity contribution in [3.05, 3.63) is 59.2 Å². The second-order valence-electron chi connectivity index (χ2n) is 7.30. The highest BCUT2D eigenvalue weighted by Crippen LogP contribution is 2.32. The molecule has 1 aromatic carbocycles. The molecule has 140 valence electrons. The van der Waals surface area contributed by atoms with Crippen molar-refractivity contribution in [3.8, 4) is 5.75 Å². The van der Waals surface area contributed by atoms with Gasteiger partial charge in [-0.15, -0.1) is 0 Å². The van der Waals surface area contributed by atoms with Gasteiger partial charge >= 0.3 is 7.12 Å². The lowest BCUT2D eigenvalue weighted by atomic mass is 9.76. The molecule has 1 unspecified atom stereocenters. The topological polar surface area (TPSA) is 49.7 Å². The molecule has 2 N–H and O–H groups in total. The van der Waals surface area contributed by atoms with E-state index < -0.39 is 7.12 Å². The number of rotatable bonds is 8. The SMILES string of the molecule is C=C(C1=CCB(O)OC1CC/C(=C/c1ccccc1O)CCC)C(C)C. The zero-order chi connectivity index (χ0) is 19.1. The summed E-state index contributed by atoms with van der Waals surface area (Å²) in [5.41, 5.74) is 4.35. The molecule has 1 aromatic rings. The zero-order valence-electron chi connectivity index (χ0n) is 16.2. The molecule has 0 spiro atoms. The number of para-hydroxylation sites is 1. The summed E-state index contributed by atoms with van der Waals surface area (Å²) in [5, 5.41) is 19.9. The Labute approximate surface area is 158 Å². The third-order valence-corrected chi connectivity index (χ3v) is 4.87. The van der Waals surface area contributed by atoms with E-state index in [0.29, 0.717) is 18.0 Å². The average molecular weight is 354 g/mol. The monoisotopic (exact) mass is 354 g/mol. The third-order valence-electron chi connectivity index (χ3n) is 4.87. The molecular weight excluding hydrogens is 323 g/mol. The molecule has 0 saturated carbocycles. The van der Waals surface area contributed by atoms with Crippen LogP contribution in [-0.2, 0) is 4.65 Å². The summed E-state index contributed by atoms with van der Waals surface area (Å²) in [7, 11) is -0.736. The van der Waals surface area contributed by atoms with E-state index in [0.717, 1.165) is 42.4 Å². The summed E-state index contributed by atoms with van der Waals surface area (Å²) in [6, 6.07) is 7.41. The van der Waals surface area contributed by atoms with Crippen molar-refractivity contribution in [2.75, 3.05) is 0 Å². The Balaban J connectivity index is 2.14. The summed E-state index contributed by atoms with van der Waals surface area (Å²) in [6.45, 7) is 10.6. The summed E-state index contributed by atoms with van der Waals surface area (Å²) in [6.07, 6.45) is 8.25. The van der Waals surface area contributed by atoms with Gasteiger partial charge in [0.2, 0.25) is 0 Å². The molecule has 26 heavy (non-hydrogen) atoms. The quantitative estimate of drug-likeness (QED) is 0.617. The molecule has 3 nitrogen and oxygen atoms in total. The predicted molar refractivity (Wildman–Crippen MR) is 110 cm³/mol. The van der Waals surface area contributed by atoms with Gasteiger partial charge in [0.1, 0.15) is 5.75 Å². The van der Waals surface area contributed by atoms with Crippen molar-refractivity contribution in [2.45, 2.75) is 58.9 Å². The molecule has 0 saturated heterocycles. The standard InChI is InChI=1S/C22H31BO3/c1-5-8-18(15-19-9-6-7-10-21(19)24)11-12-22-20(17(4)16(2)3)13-14-23(25)26-22/h6-7,9-10,13,15-16,22,24-25H,4-5,8,11-12,14H2,1-3H3/b18-15+. The van der Waals surface area contributed by atoms with Gasteiger partial charge in [0.25, 0.3) is 0 Å². The van der Waals surface area contributed by atoms with E-state index >= 15 is 0 Å². The zero-order valence-corrected chi connectivity index (χ0v) is 16.2. The maximum atomic E-state index is 10.0. The number of hydrogen-bond donors (Lipinski definition) is 2. The Bertz CT molecular complexity index is 676. The minimum Gasteiger partial charge on any atom is -0.507 e. The first-order valence-corrected chi connectivity index (χ1v) is 9.62. The molecule has 0 radical (unpaired) electrons. The Morgan fingerprint density at radius 1 is 1.35 bits per heavy atom. The molecule has 1 aliphatic rings. The Morgan fingerprint density at radius 2 is 2.08 bits per heavy atom. The molecular formula is C22H31BO3. The summed E-state index contributed by atoms with van der Waals surface area (Å²) >= 11 is 0. The van der Waals surface area contributed by atoms with Crippen molar-refractivity contribution < 1.29 is 14.8 Å². The second-order valence-corrected chi connectivity index (χ2v) is 7.30. The number of phenolic OH excluding ortho intramolecular Hbond substituents is 1. The molecule has 1 atom stereocenters. The maximum Gasteiger partial charge on any atom is 0.458 e. The van der Waals surface area contributed by atoms with Crippen LogP contribution in [0.3, 0.4) is 0 Å². The van der Waals surface area contributed by atoms with Crippen LogP contribution in [0.5, 0.6) is 5.75 Å². The fourth-order valence-electron chi connectivity index (χ4n) is 3.31. The van der Waals surface area contributed by atoms with Gasteiger partial charge < -0.3 is 14.8 Å². The molecule has 0 aliphatic carbocycles. The molecule has 0 bridgehead atoms. The van der Waals surface area contributed by atoms with Crippen LogP contribution in [-0.4, -0.2) is 23.4 Å². The maximum absolute atomic E-state index is 10.0. The van der Waals surface area contributed by atoms with Crippen LogP contribution >= 0.6 is 0 Å². The largest absolute Gasteiger partial charge is 0.507 e. The highest BCUT2D eigenvalue weighted by Gasteiger charge is 2.28.